The van der Waals surface area contributed by atoms with Gasteiger partial charge >= 0.3 is 0 Å². The molecule has 1 heterocycles. The lowest BCUT2D eigenvalue weighted by Crippen LogP contribution is -2.16. The van der Waals surface area contributed by atoms with Crippen LogP contribution in [0, 0.1) is 0 Å². The summed E-state index contributed by atoms with van der Waals surface area (Å²) in [5, 5.41) is 11.2. The lowest BCUT2D eigenvalue weighted by Gasteiger charge is -2.08. The number of rotatable bonds is 3. The van der Waals surface area contributed by atoms with E-state index in [0.717, 1.165) is 12.2 Å². The van der Waals surface area contributed by atoms with Crippen LogP contribution in [0.3, 0.4) is 0 Å². The summed E-state index contributed by atoms with van der Waals surface area (Å²) in [6.45, 7) is 2.68. The van der Waals surface area contributed by atoms with E-state index in [-0.39, 0.29) is 5.92 Å². The van der Waals surface area contributed by atoms with E-state index < -0.39 is 0 Å². The predicted molar refractivity (Wildman–Crippen MR) is 40.9 cm³/mol. The maximum atomic E-state index is 5.53. The van der Waals surface area contributed by atoms with Gasteiger partial charge in [-0.05, 0) is 16.8 Å². The summed E-state index contributed by atoms with van der Waals surface area (Å²) in [6.07, 6.45) is 0.977. The molecule has 1 aromatic rings. The van der Waals surface area contributed by atoms with Crippen LogP contribution < -0.4 is 5.73 Å². The first-order valence-corrected chi connectivity index (χ1v) is 3.71. The van der Waals surface area contributed by atoms with Crippen molar-refractivity contribution in [1.82, 2.24) is 20.2 Å². The second-order valence-corrected chi connectivity index (χ2v) is 2.50. The minimum absolute atomic E-state index is 0.287. The van der Waals surface area contributed by atoms with E-state index in [1.807, 2.05) is 7.05 Å². The number of aryl methyl sites for hydroxylation is 1. The van der Waals surface area contributed by atoms with Gasteiger partial charge in [-0.25, -0.2) is 4.68 Å². The highest BCUT2D eigenvalue weighted by molar-refractivity contribution is 4.92. The maximum Gasteiger partial charge on any atom is 0.155 e. The van der Waals surface area contributed by atoms with Crippen molar-refractivity contribution in [3.05, 3.63) is 5.82 Å². The fourth-order valence-electron chi connectivity index (χ4n) is 1.04. The van der Waals surface area contributed by atoms with Gasteiger partial charge in [0.1, 0.15) is 0 Å². The van der Waals surface area contributed by atoms with Crippen molar-refractivity contribution >= 4 is 0 Å². The first-order chi connectivity index (χ1) is 5.29. The minimum atomic E-state index is 0.287. The highest BCUT2D eigenvalue weighted by Crippen LogP contribution is 2.12. The average molecular weight is 155 g/mol. The highest BCUT2D eigenvalue weighted by Gasteiger charge is 2.12. The van der Waals surface area contributed by atoms with Gasteiger partial charge in [-0.2, -0.15) is 0 Å². The van der Waals surface area contributed by atoms with Crippen LogP contribution in [0.5, 0.6) is 0 Å². The van der Waals surface area contributed by atoms with Gasteiger partial charge in [0.2, 0.25) is 0 Å². The largest absolute Gasteiger partial charge is 0.330 e. The van der Waals surface area contributed by atoms with Gasteiger partial charge in [0.05, 0.1) is 0 Å². The molecule has 0 aliphatic carbocycles. The summed E-state index contributed by atoms with van der Waals surface area (Å²) < 4.78 is 1.67. The molecular weight excluding hydrogens is 142 g/mol. The number of aromatic nitrogens is 4. The molecular formula is C6H13N5. The van der Waals surface area contributed by atoms with Crippen molar-refractivity contribution in [1.29, 1.82) is 0 Å². The Hall–Kier alpha value is -0.970. The van der Waals surface area contributed by atoms with Gasteiger partial charge in [-0.3, -0.25) is 0 Å². The highest BCUT2D eigenvalue weighted by atomic mass is 15.5. The number of nitrogens with zero attached hydrogens (tertiary/aromatic N) is 4. The topological polar surface area (TPSA) is 69.6 Å². The van der Waals surface area contributed by atoms with Crippen LogP contribution in [0.25, 0.3) is 0 Å². The standard InChI is InChI=1S/C6H13N5/c1-3-5(4-7)6-8-9-10-11(6)2/h5H,3-4,7H2,1-2H3. The smallest absolute Gasteiger partial charge is 0.155 e. The first kappa shape index (κ1) is 8.13. The molecule has 1 atom stereocenters. The molecule has 0 aromatic carbocycles. The van der Waals surface area contributed by atoms with Crippen molar-refractivity contribution in [2.24, 2.45) is 12.8 Å². The van der Waals surface area contributed by atoms with E-state index in [1.165, 1.54) is 0 Å². The molecule has 5 nitrogen and oxygen atoms in total. The van der Waals surface area contributed by atoms with Crippen LogP contribution >= 0.6 is 0 Å². The quantitative estimate of drug-likeness (QED) is 0.648. The van der Waals surface area contributed by atoms with Gasteiger partial charge in [0.15, 0.2) is 5.82 Å². The van der Waals surface area contributed by atoms with Crippen LogP contribution in [0.2, 0.25) is 0 Å². The summed E-state index contributed by atoms with van der Waals surface area (Å²) >= 11 is 0. The number of nitrogens with two attached hydrogens (primary N) is 1. The van der Waals surface area contributed by atoms with Crippen molar-refractivity contribution < 1.29 is 0 Å². The molecule has 1 rings (SSSR count). The number of hydrogen-bond acceptors (Lipinski definition) is 4. The van der Waals surface area contributed by atoms with E-state index in [1.54, 1.807) is 4.68 Å². The van der Waals surface area contributed by atoms with Crippen LogP contribution in [-0.2, 0) is 7.05 Å². The van der Waals surface area contributed by atoms with Crippen molar-refractivity contribution in [2.75, 3.05) is 6.54 Å². The van der Waals surface area contributed by atoms with Crippen molar-refractivity contribution in [2.45, 2.75) is 19.3 Å². The molecule has 0 saturated heterocycles. The fourth-order valence-corrected chi connectivity index (χ4v) is 1.04. The van der Waals surface area contributed by atoms with Gasteiger partial charge in [0, 0.05) is 19.5 Å². The first-order valence-electron chi connectivity index (χ1n) is 3.71. The Morgan fingerprint density at radius 1 is 1.64 bits per heavy atom. The number of hydrogen-bond donors (Lipinski definition) is 1. The van der Waals surface area contributed by atoms with Crippen LogP contribution in [0.4, 0.5) is 0 Å². The number of tetrazole rings is 1. The second-order valence-electron chi connectivity index (χ2n) is 2.50. The van der Waals surface area contributed by atoms with E-state index in [4.69, 9.17) is 5.73 Å². The van der Waals surface area contributed by atoms with Crippen LogP contribution in [0.1, 0.15) is 25.1 Å². The molecule has 62 valence electrons. The lowest BCUT2D eigenvalue weighted by molar-refractivity contribution is 0.578. The normalized spacial score (nSPS) is 13.4. The zero-order chi connectivity index (χ0) is 8.27. The van der Waals surface area contributed by atoms with Gasteiger partial charge in [0.25, 0.3) is 0 Å². The fraction of sp³-hybridized carbons (Fsp3) is 0.833. The van der Waals surface area contributed by atoms with Gasteiger partial charge < -0.3 is 5.73 Å². The summed E-state index contributed by atoms with van der Waals surface area (Å²) in [7, 11) is 1.83. The third kappa shape index (κ3) is 1.54. The van der Waals surface area contributed by atoms with E-state index in [9.17, 15) is 0 Å². The monoisotopic (exact) mass is 155 g/mol. The maximum absolute atomic E-state index is 5.53. The Kier molecular flexibility index (Phi) is 2.53. The third-order valence-electron chi connectivity index (χ3n) is 1.80. The summed E-state index contributed by atoms with van der Waals surface area (Å²) in [6, 6.07) is 0. The summed E-state index contributed by atoms with van der Waals surface area (Å²) in [5.41, 5.74) is 5.53. The zero-order valence-corrected chi connectivity index (χ0v) is 6.86. The molecule has 11 heavy (non-hydrogen) atoms. The lowest BCUT2D eigenvalue weighted by atomic mass is 10.1. The Morgan fingerprint density at radius 2 is 2.36 bits per heavy atom. The molecule has 0 radical (unpaired) electrons. The van der Waals surface area contributed by atoms with Gasteiger partial charge in [-0.15, -0.1) is 5.10 Å². The van der Waals surface area contributed by atoms with E-state index in [0.29, 0.717) is 6.54 Å². The summed E-state index contributed by atoms with van der Waals surface area (Å²) in [5.74, 6) is 1.16. The van der Waals surface area contributed by atoms with Crippen molar-refractivity contribution in [3.63, 3.8) is 0 Å². The van der Waals surface area contributed by atoms with Crippen LogP contribution in [0.15, 0.2) is 0 Å². The molecule has 0 aliphatic heterocycles. The molecule has 0 bridgehead atoms. The Labute approximate surface area is 65.6 Å². The Balaban J connectivity index is 2.81. The Bertz CT molecular complexity index is 215. The second kappa shape index (κ2) is 3.43. The average Bonchev–Trinajstić information content (AvgIpc) is 2.40. The van der Waals surface area contributed by atoms with E-state index >= 15 is 0 Å². The minimum Gasteiger partial charge on any atom is -0.330 e. The molecule has 5 heteroatoms. The van der Waals surface area contributed by atoms with E-state index in [2.05, 4.69) is 22.4 Å². The molecule has 0 fully saturated rings. The molecule has 0 amide bonds. The zero-order valence-electron chi connectivity index (χ0n) is 6.86. The molecule has 0 spiro atoms. The van der Waals surface area contributed by atoms with Crippen molar-refractivity contribution in [3.8, 4) is 0 Å². The molecule has 0 aliphatic rings. The van der Waals surface area contributed by atoms with Crippen LogP contribution in [-0.4, -0.2) is 26.8 Å². The predicted octanol–water partition coefficient (Wildman–Crippen LogP) is -0.338. The molecule has 0 saturated carbocycles. The Morgan fingerprint density at radius 3 is 2.73 bits per heavy atom. The molecule has 1 unspecified atom stereocenters. The third-order valence-corrected chi connectivity index (χ3v) is 1.80. The molecule has 2 N–H and O–H groups in total. The van der Waals surface area contributed by atoms with Gasteiger partial charge in [-0.1, -0.05) is 6.92 Å². The molecule has 1 aromatic heterocycles. The summed E-state index contributed by atoms with van der Waals surface area (Å²) in [4.78, 5) is 0. The SMILES string of the molecule is CCC(CN)c1nnnn1C.